The van der Waals surface area contributed by atoms with Crippen molar-refractivity contribution in [3.63, 3.8) is 0 Å². The van der Waals surface area contributed by atoms with Gasteiger partial charge in [-0.05, 0) is 24.0 Å². The number of carbonyl (C=O) groups excluding carboxylic acids is 1. The van der Waals surface area contributed by atoms with Gasteiger partial charge in [0.1, 0.15) is 0 Å². The van der Waals surface area contributed by atoms with Gasteiger partial charge >= 0.3 is 5.97 Å². The van der Waals surface area contributed by atoms with E-state index < -0.39 is 5.97 Å². The second kappa shape index (κ2) is 6.17. The van der Waals surface area contributed by atoms with Gasteiger partial charge in [0.05, 0.1) is 6.42 Å². The molecule has 0 saturated heterocycles. The molecule has 1 aromatic carbocycles. The highest BCUT2D eigenvalue weighted by Gasteiger charge is 2.06. The molecule has 5 heteroatoms. The predicted octanol–water partition coefficient (Wildman–Crippen LogP) is 2.30. The van der Waals surface area contributed by atoms with Crippen LogP contribution in [0.15, 0.2) is 34.3 Å². The number of nitrogens with zero attached hydrogens (tertiary/aromatic N) is 1. The molecule has 0 spiro atoms. The Balaban J connectivity index is 2.67. The maximum Gasteiger partial charge on any atom is 0.309 e. The number of thioether (sulfide) groups is 1. The lowest BCUT2D eigenvalue weighted by atomic mass is 10.1. The van der Waals surface area contributed by atoms with Crippen molar-refractivity contribution in [1.82, 2.24) is 0 Å². The maximum atomic E-state index is 10.7. The number of hydrogen-bond donors (Lipinski definition) is 1. The van der Waals surface area contributed by atoms with E-state index in [1.807, 2.05) is 30.5 Å². The van der Waals surface area contributed by atoms with Crippen LogP contribution in [0.5, 0.6) is 0 Å². The summed E-state index contributed by atoms with van der Waals surface area (Å²) in [6.45, 7) is 1.27. The van der Waals surface area contributed by atoms with Crippen LogP contribution in [0, 0.1) is 0 Å². The van der Waals surface area contributed by atoms with Crippen molar-refractivity contribution in [3.8, 4) is 0 Å². The Morgan fingerprint density at radius 1 is 1.44 bits per heavy atom. The average molecular weight is 239 g/mol. The van der Waals surface area contributed by atoms with Gasteiger partial charge in [-0.25, -0.2) is 0 Å². The van der Waals surface area contributed by atoms with E-state index in [0.29, 0.717) is 6.42 Å². The SMILES string of the molecule is CSc1ccc(C/C(=N\O)OC(C)=O)cc1. The van der Waals surface area contributed by atoms with E-state index in [0.717, 1.165) is 10.5 Å². The largest absolute Gasteiger partial charge is 0.408 e. The maximum absolute atomic E-state index is 10.7. The highest BCUT2D eigenvalue weighted by molar-refractivity contribution is 7.98. The van der Waals surface area contributed by atoms with Gasteiger partial charge < -0.3 is 9.94 Å². The Labute approximate surface area is 98.3 Å². The number of benzene rings is 1. The lowest BCUT2D eigenvalue weighted by Crippen LogP contribution is -2.12. The third-order valence-corrected chi connectivity index (χ3v) is 2.63. The fraction of sp³-hybridized carbons (Fsp3) is 0.273. The van der Waals surface area contributed by atoms with Gasteiger partial charge in [-0.2, -0.15) is 0 Å². The second-order valence-corrected chi connectivity index (χ2v) is 3.99. The molecule has 16 heavy (non-hydrogen) atoms. The first-order valence-electron chi connectivity index (χ1n) is 4.68. The van der Waals surface area contributed by atoms with Crippen molar-refractivity contribution in [2.45, 2.75) is 18.2 Å². The minimum atomic E-state index is -0.492. The van der Waals surface area contributed by atoms with Gasteiger partial charge in [-0.1, -0.05) is 17.3 Å². The fourth-order valence-electron chi connectivity index (χ4n) is 1.18. The minimum Gasteiger partial charge on any atom is -0.408 e. The van der Waals surface area contributed by atoms with Crippen LogP contribution in [-0.4, -0.2) is 23.3 Å². The van der Waals surface area contributed by atoms with E-state index in [1.54, 1.807) is 11.8 Å². The van der Waals surface area contributed by atoms with E-state index >= 15 is 0 Å². The van der Waals surface area contributed by atoms with Crippen molar-refractivity contribution >= 4 is 23.6 Å². The van der Waals surface area contributed by atoms with Crippen molar-refractivity contribution in [2.24, 2.45) is 5.16 Å². The molecular weight excluding hydrogens is 226 g/mol. The molecule has 0 atom stereocenters. The molecule has 0 aliphatic heterocycles. The average Bonchev–Trinajstić information content (AvgIpc) is 2.28. The first-order valence-corrected chi connectivity index (χ1v) is 5.90. The molecule has 1 aromatic rings. The summed E-state index contributed by atoms with van der Waals surface area (Å²) in [5.74, 6) is -0.488. The molecule has 0 amide bonds. The summed E-state index contributed by atoms with van der Waals surface area (Å²) in [5, 5.41) is 11.6. The van der Waals surface area contributed by atoms with Crippen molar-refractivity contribution in [3.05, 3.63) is 29.8 Å². The van der Waals surface area contributed by atoms with Crippen LogP contribution >= 0.6 is 11.8 Å². The summed E-state index contributed by atoms with van der Waals surface area (Å²) in [6, 6.07) is 7.73. The zero-order chi connectivity index (χ0) is 12.0. The predicted molar refractivity (Wildman–Crippen MR) is 62.9 cm³/mol. The molecule has 1 N–H and O–H groups in total. The molecule has 0 fully saturated rings. The Morgan fingerprint density at radius 2 is 2.06 bits per heavy atom. The standard InChI is InChI=1S/C11H13NO3S/c1-8(13)15-11(12-14)7-9-3-5-10(16-2)6-4-9/h3-6,14H,7H2,1-2H3/b12-11+. The Kier molecular flexibility index (Phi) is 4.85. The van der Waals surface area contributed by atoms with Crippen LogP contribution in [0.4, 0.5) is 0 Å². The second-order valence-electron chi connectivity index (χ2n) is 3.11. The summed E-state index contributed by atoms with van der Waals surface area (Å²) < 4.78 is 4.72. The Hall–Kier alpha value is -1.49. The zero-order valence-electron chi connectivity index (χ0n) is 9.14. The van der Waals surface area contributed by atoms with Crippen molar-refractivity contribution in [2.75, 3.05) is 6.26 Å². The van der Waals surface area contributed by atoms with Crippen LogP contribution in [0.25, 0.3) is 0 Å². The summed E-state index contributed by atoms with van der Waals surface area (Å²) in [7, 11) is 0. The summed E-state index contributed by atoms with van der Waals surface area (Å²) >= 11 is 1.65. The van der Waals surface area contributed by atoms with E-state index in [1.165, 1.54) is 6.92 Å². The van der Waals surface area contributed by atoms with Crippen LogP contribution < -0.4 is 0 Å². The normalized spacial score (nSPS) is 11.2. The molecule has 0 aromatic heterocycles. The molecule has 0 unspecified atom stereocenters. The zero-order valence-corrected chi connectivity index (χ0v) is 9.95. The van der Waals surface area contributed by atoms with Crippen molar-refractivity contribution < 1.29 is 14.7 Å². The third kappa shape index (κ3) is 3.94. The first-order chi connectivity index (χ1) is 7.65. The van der Waals surface area contributed by atoms with Gasteiger partial charge in [-0.15, -0.1) is 11.8 Å². The van der Waals surface area contributed by atoms with Gasteiger partial charge in [0.25, 0.3) is 0 Å². The first kappa shape index (κ1) is 12.6. The number of hydrogen-bond acceptors (Lipinski definition) is 5. The third-order valence-electron chi connectivity index (χ3n) is 1.89. The lowest BCUT2D eigenvalue weighted by Gasteiger charge is -2.04. The van der Waals surface area contributed by atoms with E-state index in [9.17, 15) is 4.79 Å². The minimum absolute atomic E-state index is 0.00408. The van der Waals surface area contributed by atoms with Gasteiger partial charge in [-0.3, -0.25) is 4.79 Å². The van der Waals surface area contributed by atoms with Gasteiger partial charge in [0.15, 0.2) is 0 Å². The molecule has 4 nitrogen and oxygen atoms in total. The Bertz CT molecular complexity index is 387. The quantitative estimate of drug-likeness (QED) is 0.219. The number of rotatable bonds is 3. The van der Waals surface area contributed by atoms with Crippen LogP contribution in [-0.2, 0) is 16.0 Å². The molecule has 86 valence electrons. The van der Waals surface area contributed by atoms with E-state index in [4.69, 9.17) is 9.94 Å². The molecule has 0 aliphatic carbocycles. The van der Waals surface area contributed by atoms with Crippen molar-refractivity contribution in [1.29, 1.82) is 0 Å². The smallest absolute Gasteiger partial charge is 0.309 e. The van der Waals surface area contributed by atoms with Crippen LogP contribution in [0.3, 0.4) is 0 Å². The van der Waals surface area contributed by atoms with E-state index in [-0.39, 0.29) is 5.90 Å². The summed E-state index contributed by atoms with van der Waals surface area (Å²) in [5.41, 5.74) is 0.923. The fourth-order valence-corrected chi connectivity index (χ4v) is 1.58. The number of carbonyl (C=O) groups is 1. The molecule has 0 radical (unpaired) electrons. The van der Waals surface area contributed by atoms with Gasteiger partial charge in [0.2, 0.25) is 5.90 Å². The number of esters is 1. The summed E-state index contributed by atoms with van der Waals surface area (Å²) in [4.78, 5) is 11.8. The van der Waals surface area contributed by atoms with E-state index in [2.05, 4.69) is 5.16 Å². The molecule has 0 saturated carbocycles. The molecule has 0 aliphatic rings. The molecule has 1 rings (SSSR count). The molecular formula is C11H13NO3S. The molecule has 0 heterocycles. The Morgan fingerprint density at radius 3 is 2.50 bits per heavy atom. The van der Waals surface area contributed by atoms with Crippen LogP contribution in [0.1, 0.15) is 12.5 Å². The number of ether oxygens (including phenoxy) is 1. The lowest BCUT2D eigenvalue weighted by molar-refractivity contribution is -0.133. The topological polar surface area (TPSA) is 58.9 Å². The molecule has 0 bridgehead atoms. The summed E-state index contributed by atoms with van der Waals surface area (Å²) in [6.07, 6.45) is 2.29. The van der Waals surface area contributed by atoms with Gasteiger partial charge in [0, 0.05) is 11.8 Å². The highest BCUT2D eigenvalue weighted by atomic mass is 32.2. The monoisotopic (exact) mass is 239 g/mol. The van der Waals surface area contributed by atoms with Crippen LogP contribution in [0.2, 0.25) is 0 Å². The number of oxime groups is 1. The highest BCUT2D eigenvalue weighted by Crippen LogP contribution is 2.15.